The Hall–Kier alpha value is -0.960. The van der Waals surface area contributed by atoms with E-state index in [2.05, 4.69) is 0 Å². The van der Waals surface area contributed by atoms with Gasteiger partial charge in [-0.15, -0.1) is 0 Å². The van der Waals surface area contributed by atoms with Gasteiger partial charge < -0.3 is 9.29 Å². The number of sulfonamides is 1. The molecule has 6 nitrogen and oxygen atoms in total. The van der Waals surface area contributed by atoms with Gasteiger partial charge in [-0.1, -0.05) is 0 Å². The summed E-state index contributed by atoms with van der Waals surface area (Å²) in [7, 11) is -2.58. The fourth-order valence-corrected chi connectivity index (χ4v) is 2.14. The lowest BCUT2D eigenvalue weighted by Gasteiger charge is -2.06. The van der Waals surface area contributed by atoms with E-state index in [4.69, 9.17) is 14.4 Å². The van der Waals surface area contributed by atoms with Crippen molar-refractivity contribution in [2.75, 3.05) is 7.11 Å². The summed E-state index contributed by atoms with van der Waals surface area (Å²) in [6.45, 7) is 0. The third-order valence-electron chi connectivity index (χ3n) is 1.65. The first-order valence-electron chi connectivity index (χ1n) is 3.68. The Morgan fingerprint density at radius 3 is 2.47 bits per heavy atom. The molecule has 0 spiro atoms. The third kappa shape index (κ3) is 2.75. The second kappa shape index (κ2) is 4.27. The van der Waals surface area contributed by atoms with Crippen molar-refractivity contribution in [1.82, 2.24) is 0 Å². The summed E-state index contributed by atoms with van der Waals surface area (Å²) in [4.78, 5) is -0.371. The van der Waals surface area contributed by atoms with Crippen molar-refractivity contribution in [2.45, 2.75) is 9.79 Å². The summed E-state index contributed by atoms with van der Waals surface area (Å²) < 4.78 is 46.5. The van der Waals surface area contributed by atoms with E-state index in [1.807, 2.05) is 0 Å². The van der Waals surface area contributed by atoms with E-state index in [1.54, 1.807) is 0 Å². The number of ether oxygens (including phenoxy) is 1. The lowest BCUT2D eigenvalue weighted by molar-refractivity contribution is 0.401. The summed E-state index contributed by atoms with van der Waals surface area (Å²) in [5.41, 5.74) is 0. The van der Waals surface area contributed by atoms with Gasteiger partial charge in [0.05, 0.1) is 12.0 Å². The SMILES string of the molecule is COc1ccc(S(N)(=O)=O)cc1S(=O)O. The molecule has 0 saturated carbocycles. The van der Waals surface area contributed by atoms with E-state index in [0.717, 1.165) is 6.07 Å². The monoisotopic (exact) mass is 251 g/mol. The van der Waals surface area contributed by atoms with Gasteiger partial charge in [0, 0.05) is 0 Å². The normalized spacial score (nSPS) is 13.5. The Morgan fingerprint density at radius 2 is 2.07 bits per heavy atom. The summed E-state index contributed by atoms with van der Waals surface area (Å²) in [6, 6.07) is 3.47. The molecule has 1 rings (SSSR count). The van der Waals surface area contributed by atoms with Gasteiger partial charge >= 0.3 is 0 Å². The predicted molar refractivity (Wildman–Crippen MR) is 53.4 cm³/mol. The first-order chi connectivity index (χ1) is 6.86. The molecule has 0 bridgehead atoms. The molecule has 1 unspecified atom stereocenters. The maximum Gasteiger partial charge on any atom is 0.238 e. The zero-order valence-corrected chi connectivity index (χ0v) is 9.34. The topological polar surface area (TPSA) is 107 Å². The molecular formula is C7H9NO5S2. The van der Waals surface area contributed by atoms with Gasteiger partial charge in [0.25, 0.3) is 0 Å². The highest BCUT2D eigenvalue weighted by Gasteiger charge is 2.14. The summed E-state index contributed by atoms with van der Waals surface area (Å²) in [5.74, 6) is 0.128. The summed E-state index contributed by atoms with van der Waals surface area (Å²) in [6.07, 6.45) is 0. The lowest BCUT2D eigenvalue weighted by atomic mass is 10.3. The molecule has 0 amide bonds. The smallest absolute Gasteiger partial charge is 0.238 e. The van der Waals surface area contributed by atoms with Crippen LogP contribution in [0.25, 0.3) is 0 Å². The zero-order chi connectivity index (χ0) is 11.6. The predicted octanol–water partition coefficient (Wildman–Crippen LogP) is -0.0768. The van der Waals surface area contributed by atoms with Gasteiger partial charge in [0.2, 0.25) is 10.0 Å². The van der Waals surface area contributed by atoms with Crippen LogP contribution in [0.3, 0.4) is 0 Å². The van der Waals surface area contributed by atoms with Crippen molar-refractivity contribution < 1.29 is 21.9 Å². The molecule has 0 saturated heterocycles. The quantitative estimate of drug-likeness (QED) is 0.731. The highest BCUT2D eigenvalue weighted by atomic mass is 32.2. The van der Waals surface area contributed by atoms with Crippen molar-refractivity contribution >= 4 is 21.1 Å². The fourth-order valence-electron chi connectivity index (χ4n) is 0.970. The molecule has 1 aromatic carbocycles. The average molecular weight is 251 g/mol. The highest BCUT2D eigenvalue weighted by Crippen LogP contribution is 2.24. The number of nitrogens with two attached hydrogens (primary N) is 1. The van der Waals surface area contributed by atoms with Crippen LogP contribution in [0.2, 0.25) is 0 Å². The Kier molecular flexibility index (Phi) is 3.45. The van der Waals surface area contributed by atoms with Crippen LogP contribution in [0.4, 0.5) is 0 Å². The molecule has 0 heterocycles. The average Bonchev–Trinajstić information content (AvgIpc) is 2.15. The maximum atomic E-state index is 11.0. The second-order valence-electron chi connectivity index (χ2n) is 2.61. The van der Waals surface area contributed by atoms with Crippen LogP contribution >= 0.6 is 0 Å². The Morgan fingerprint density at radius 1 is 1.47 bits per heavy atom. The Bertz CT molecular complexity index is 496. The number of rotatable bonds is 3. The molecule has 8 heteroatoms. The minimum absolute atomic E-state index is 0.128. The molecule has 0 fully saturated rings. The van der Waals surface area contributed by atoms with Crippen LogP contribution < -0.4 is 9.88 Å². The van der Waals surface area contributed by atoms with Gasteiger partial charge in [-0.25, -0.2) is 17.8 Å². The van der Waals surface area contributed by atoms with Crippen LogP contribution in [0, 0.1) is 0 Å². The second-order valence-corrected chi connectivity index (χ2v) is 5.11. The largest absolute Gasteiger partial charge is 0.495 e. The third-order valence-corrected chi connectivity index (χ3v) is 3.26. The van der Waals surface area contributed by atoms with E-state index >= 15 is 0 Å². The van der Waals surface area contributed by atoms with E-state index < -0.39 is 21.1 Å². The van der Waals surface area contributed by atoms with E-state index in [0.29, 0.717) is 0 Å². The number of hydrogen-bond donors (Lipinski definition) is 2. The number of hydrogen-bond acceptors (Lipinski definition) is 4. The standard InChI is InChI=1S/C7H9NO5S2/c1-13-6-3-2-5(15(8,11)12)4-7(6)14(9)10/h2-4H,1H3,(H,9,10)(H2,8,11,12). The molecule has 15 heavy (non-hydrogen) atoms. The van der Waals surface area contributed by atoms with Crippen molar-refractivity contribution in [2.24, 2.45) is 5.14 Å². The fraction of sp³-hybridized carbons (Fsp3) is 0.143. The van der Waals surface area contributed by atoms with E-state index in [-0.39, 0.29) is 15.5 Å². The van der Waals surface area contributed by atoms with Crippen LogP contribution in [0.15, 0.2) is 28.0 Å². The number of methoxy groups -OCH3 is 1. The molecule has 0 aromatic heterocycles. The first-order valence-corrected chi connectivity index (χ1v) is 6.33. The van der Waals surface area contributed by atoms with Gasteiger partial charge in [0.15, 0.2) is 11.1 Å². The van der Waals surface area contributed by atoms with E-state index in [1.165, 1.54) is 19.2 Å². The number of benzene rings is 1. The van der Waals surface area contributed by atoms with Gasteiger partial charge in [-0.05, 0) is 18.2 Å². The van der Waals surface area contributed by atoms with Crippen LogP contribution in [0.1, 0.15) is 0 Å². The van der Waals surface area contributed by atoms with Gasteiger partial charge in [0.1, 0.15) is 10.6 Å². The number of primary sulfonamides is 1. The molecule has 0 radical (unpaired) electrons. The lowest BCUT2D eigenvalue weighted by Crippen LogP contribution is -2.12. The molecule has 1 aromatic rings. The Labute approximate surface area is 89.4 Å². The molecule has 0 aliphatic rings. The molecule has 1 atom stereocenters. The van der Waals surface area contributed by atoms with Crippen LogP contribution in [0.5, 0.6) is 5.75 Å². The zero-order valence-electron chi connectivity index (χ0n) is 7.71. The van der Waals surface area contributed by atoms with E-state index in [9.17, 15) is 12.6 Å². The van der Waals surface area contributed by atoms with Gasteiger partial charge in [-0.2, -0.15) is 0 Å². The van der Waals surface area contributed by atoms with Crippen molar-refractivity contribution in [3.05, 3.63) is 18.2 Å². The minimum Gasteiger partial charge on any atom is -0.495 e. The van der Waals surface area contributed by atoms with Crippen LogP contribution in [-0.4, -0.2) is 24.3 Å². The highest BCUT2D eigenvalue weighted by molar-refractivity contribution is 7.89. The van der Waals surface area contributed by atoms with Crippen molar-refractivity contribution in [3.8, 4) is 5.75 Å². The van der Waals surface area contributed by atoms with Crippen LogP contribution in [-0.2, 0) is 21.1 Å². The minimum atomic E-state index is -3.88. The van der Waals surface area contributed by atoms with Crippen molar-refractivity contribution in [1.29, 1.82) is 0 Å². The van der Waals surface area contributed by atoms with Crippen molar-refractivity contribution in [3.63, 3.8) is 0 Å². The molecule has 84 valence electrons. The maximum absolute atomic E-state index is 11.0. The molecule has 0 aliphatic carbocycles. The Balaban J connectivity index is 3.42. The summed E-state index contributed by atoms with van der Waals surface area (Å²) >= 11 is -2.33. The first kappa shape index (κ1) is 12.1. The molecular weight excluding hydrogens is 242 g/mol. The molecule has 3 N–H and O–H groups in total. The molecule has 0 aliphatic heterocycles. The van der Waals surface area contributed by atoms with Gasteiger partial charge in [-0.3, -0.25) is 0 Å². The summed E-state index contributed by atoms with van der Waals surface area (Å²) in [5, 5.41) is 4.87.